The van der Waals surface area contributed by atoms with Crippen LogP contribution in [0, 0.1) is 0 Å². The molecule has 0 aliphatic rings. The van der Waals surface area contributed by atoms with E-state index in [1.165, 1.54) is 45.0 Å². The summed E-state index contributed by atoms with van der Waals surface area (Å²) in [5.41, 5.74) is -2.88. The van der Waals surface area contributed by atoms with Gasteiger partial charge in [0.2, 0.25) is 5.60 Å². The Morgan fingerprint density at radius 2 is 1.26 bits per heavy atom. The van der Waals surface area contributed by atoms with Crippen molar-refractivity contribution in [1.29, 1.82) is 0 Å². The molecule has 0 aromatic heterocycles. The number of esters is 3. The molecule has 0 fully saturated rings. The predicted molar refractivity (Wildman–Crippen MR) is 109 cm³/mol. The lowest BCUT2D eigenvalue weighted by Crippen LogP contribution is -2.47. The molecule has 0 spiro atoms. The zero-order valence-electron chi connectivity index (χ0n) is 17.5. The normalized spacial score (nSPS) is 12.9. The molecule has 0 saturated heterocycles. The van der Waals surface area contributed by atoms with Crippen LogP contribution in [-0.4, -0.2) is 46.8 Å². The van der Waals surface area contributed by atoms with Crippen LogP contribution in [0.25, 0.3) is 0 Å². The van der Waals surface area contributed by atoms with Gasteiger partial charge in [-0.05, 0) is 45.0 Å². The summed E-state index contributed by atoms with van der Waals surface area (Å²) in [5, 5.41) is 9.22. The van der Waals surface area contributed by atoms with Crippen molar-refractivity contribution in [3.8, 4) is 0 Å². The second-order valence-corrected chi connectivity index (χ2v) is 7.62. The molecule has 0 heterocycles. The lowest BCUT2D eigenvalue weighted by atomic mass is 10.0. The molecule has 0 amide bonds. The highest BCUT2D eigenvalue weighted by Gasteiger charge is 2.41. The number of ether oxygens (including phenoxy) is 3. The van der Waals surface area contributed by atoms with E-state index in [4.69, 9.17) is 14.2 Å². The van der Waals surface area contributed by atoms with Gasteiger partial charge in [-0.25, -0.2) is 14.4 Å². The van der Waals surface area contributed by atoms with Crippen LogP contribution >= 0.6 is 0 Å². The lowest BCUT2D eigenvalue weighted by molar-refractivity contribution is -0.184. The fraction of sp³-hybridized carbons (Fsp3) is 0.304. The van der Waals surface area contributed by atoms with E-state index in [2.05, 4.69) is 0 Å². The molecule has 1 unspecified atom stereocenters. The SMILES string of the molecule is CC(COC(=O)c1ccccc1)(CC(=O)O)OC(=O)C(C)(C)OC(=O)c1ccccc1. The fourth-order valence-corrected chi connectivity index (χ4v) is 2.57. The highest BCUT2D eigenvalue weighted by molar-refractivity contribution is 5.92. The molecule has 2 aromatic rings. The Morgan fingerprint density at radius 1 is 0.774 bits per heavy atom. The lowest BCUT2D eigenvalue weighted by Gasteiger charge is -2.32. The van der Waals surface area contributed by atoms with E-state index in [0.29, 0.717) is 0 Å². The summed E-state index contributed by atoms with van der Waals surface area (Å²) in [5.74, 6) is -3.66. The van der Waals surface area contributed by atoms with Crippen LogP contribution in [0.15, 0.2) is 60.7 Å². The van der Waals surface area contributed by atoms with Crippen molar-refractivity contribution in [3.63, 3.8) is 0 Å². The van der Waals surface area contributed by atoms with Gasteiger partial charge in [0.25, 0.3) is 0 Å². The monoisotopic (exact) mass is 428 g/mol. The Morgan fingerprint density at radius 3 is 1.74 bits per heavy atom. The molecule has 0 aliphatic heterocycles. The smallest absolute Gasteiger partial charge is 0.350 e. The van der Waals surface area contributed by atoms with E-state index >= 15 is 0 Å². The molecule has 0 radical (unpaired) electrons. The molecule has 1 N–H and O–H groups in total. The summed E-state index contributed by atoms with van der Waals surface area (Å²) in [6.07, 6.45) is -0.622. The van der Waals surface area contributed by atoms with Crippen LogP contribution < -0.4 is 0 Å². The number of rotatable bonds is 9. The van der Waals surface area contributed by atoms with Crippen molar-refractivity contribution in [2.45, 2.75) is 38.4 Å². The maximum atomic E-state index is 12.7. The maximum Gasteiger partial charge on any atom is 0.350 e. The molecule has 31 heavy (non-hydrogen) atoms. The first-order valence-corrected chi connectivity index (χ1v) is 9.48. The number of hydrogen-bond acceptors (Lipinski definition) is 7. The minimum Gasteiger partial charge on any atom is -0.481 e. The molecule has 0 saturated carbocycles. The highest BCUT2D eigenvalue weighted by Crippen LogP contribution is 2.23. The quantitative estimate of drug-likeness (QED) is 0.478. The minimum atomic E-state index is -1.71. The molecule has 8 nitrogen and oxygen atoms in total. The summed E-state index contributed by atoms with van der Waals surface area (Å²) >= 11 is 0. The summed E-state index contributed by atoms with van der Waals surface area (Å²) in [6.45, 7) is 3.48. The van der Waals surface area contributed by atoms with Gasteiger partial charge in [0.05, 0.1) is 17.5 Å². The van der Waals surface area contributed by atoms with Gasteiger partial charge in [-0.1, -0.05) is 36.4 Å². The zero-order chi connectivity index (χ0) is 23.1. The van der Waals surface area contributed by atoms with Crippen molar-refractivity contribution in [1.82, 2.24) is 0 Å². The number of hydrogen-bond donors (Lipinski definition) is 1. The first-order valence-electron chi connectivity index (χ1n) is 9.48. The van der Waals surface area contributed by atoms with Crippen LogP contribution in [-0.2, 0) is 23.8 Å². The number of carbonyl (C=O) groups is 4. The Bertz CT molecular complexity index is 937. The van der Waals surface area contributed by atoms with Gasteiger partial charge in [-0.15, -0.1) is 0 Å². The van der Waals surface area contributed by atoms with Crippen LogP contribution in [0.4, 0.5) is 0 Å². The molecule has 8 heteroatoms. The average molecular weight is 428 g/mol. The molecule has 0 aliphatic carbocycles. The van der Waals surface area contributed by atoms with E-state index in [1.807, 2.05) is 0 Å². The third-order valence-corrected chi connectivity index (χ3v) is 4.23. The standard InChI is InChI=1S/C23H24O8/c1-22(2,30-20(27)17-12-8-5-9-13-17)21(28)31-23(3,14-18(24)25)15-29-19(26)16-10-6-4-7-11-16/h4-13H,14-15H2,1-3H3,(H,24,25). The first-order chi connectivity index (χ1) is 14.5. The van der Waals surface area contributed by atoms with Gasteiger partial charge < -0.3 is 19.3 Å². The Labute approximate surface area is 179 Å². The molecular weight excluding hydrogens is 404 g/mol. The molecular formula is C23H24O8. The van der Waals surface area contributed by atoms with Crippen molar-refractivity contribution >= 4 is 23.9 Å². The van der Waals surface area contributed by atoms with Crippen LogP contribution in [0.3, 0.4) is 0 Å². The highest BCUT2D eigenvalue weighted by atomic mass is 16.6. The summed E-state index contributed by atoms with van der Waals surface area (Å²) < 4.78 is 15.8. The van der Waals surface area contributed by atoms with Gasteiger partial charge in [0.1, 0.15) is 6.61 Å². The van der Waals surface area contributed by atoms with Gasteiger partial charge in [-0.2, -0.15) is 0 Å². The van der Waals surface area contributed by atoms with Crippen LogP contribution in [0.5, 0.6) is 0 Å². The van der Waals surface area contributed by atoms with Crippen molar-refractivity contribution in [2.75, 3.05) is 6.61 Å². The number of carboxylic acid groups (broad SMARTS) is 1. The largest absolute Gasteiger partial charge is 0.481 e. The molecule has 1 atom stereocenters. The summed E-state index contributed by atoms with van der Waals surface area (Å²) in [7, 11) is 0. The third kappa shape index (κ3) is 6.95. The average Bonchev–Trinajstić information content (AvgIpc) is 2.72. The summed E-state index contributed by atoms with van der Waals surface area (Å²) in [4.78, 5) is 48.5. The Kier molecular flexibility index (Phi) is 7.52. The number of carbonyl (C=O) groups excluding carboxylic acids is 3. The van der Waals surface area contributed by atoms with Gasteiger partial charge >= 0.3 is 23.9 Å². The van der Waals surface area contributed by atoms with E-state index in [-0.39, 0.29) is 11.1 Å². The number of benzene rings is 2. The Hall–Kier alpha value is -3.68. The van der Waals surface area contributed by atoms with Crippen molar-refractivity contribution in [3.05, 3.63) is 71.8 Å². The van der Waals surface area contributed by atoms with Gasteiger partial charge in [0.15, 0.2) is 5.60 Å². The number of carboxylic acids is 1. The zero-order valence-corrected chi connectivity index (χ0v) is 17.5. The van der Waals surface area contributed by atoms with E-state index in [0.717, 1.165) is 0 Å². The molecule has 164 valence electrons. The second-order valence-electron chi connectivity index (χ2n) is 7.62. The second kappa shape index (κ2) is 9.88. The Balaban J connectivity index is 2.08. The summed E-state index contributed by atoms with van der Waals surface area (Å²) in [6, 6.07) is 16.2. The molecule has 2 rings (SSSR count). The van der Waals surface area contributed by atoms with Crippen molar-refractivity contribution < 1.29 is 38.5 Å². The van der Waals surface area contributed by atoms with E-state index in [1.54, 1.807) is 36.4 Å². The fourth-order valence-electron chi connectivity index (χ4n) is 2.57. The van der Waals surface area contributed by atoms with E-state index < -0.39 is 48.1 Å². The minimum absolute atomic E-state index is 0.244. The van der Waals surface area contributed by atoms with Gasteiger partial charge in [0, 0.05) is 0 Å². The third-order valence-electron chi connectivity index (χ3n) is 4.23. The number of aliphatic carboxylic acids is 1. The first kappa shape index (κ1) is 23.6. The topological polar surface area (TPSA) is 116 Å². The van der Waals surface area contributed by atoms with E-state index in [9.17, 15) is 24.3 Å². The predicted octanol–water partition coefficient (Wildman–Crippen LogP) is 3.26. The van der Waals surface area contributed by atoms with Gasteiger partial charge in [-0.3, -0.25) is 4.79 Å². The van der Waals surface area contributed by atoms with Crippen LogP contribution in [0.2, 0.25) is 0 Å². The van der Waals surface area contributed by atoms with Crippen molar-refractivity contribution in [2.24, 2.45) is 0 Å². The molecule has 2 aromatic carbocycles. The van der Waals surface area contributed by atoms with Crippen LogP contribution in [0.1, 0.15) is 47.9 Å². The maximum absolute atomic E-state index is 12.7. The molecule has 0 bridgehead atoms.